The quantitative estimate of drug-likeness (QED) is 0.318. The molecule has 3 fully saturated rings. The van der Waals surface area contributed by atoms with Gasteiger partial charge in [0, 0.05) is 23.8 Å². The van der Waals surface area contributed by atoms with E-state index in [0.29, 0.717) is 18.3 Å². The average Bonchev–Trinajstić information content (AvgIpc) is 3.50. The number of rotatable bonds is 7. The second-order valence-corrected chi connectivity index (χ2v) is 15.2. The highest BCUT2D eigenvalue weighted by atomic mass is 31.2. The van der Waals surface area contributed by atoms with Crippen molar-refractivity contribution in [1.82, 2.24) is 0 Å². The van der Waals surface area contributed by atoms with E-state index in [9.17, 15) is 18.7 Å². The molecule has 0 aromatic heterocycles. The number of ether oxygens (including phenoxy) is 4. The van der Waals surface area contributed by atoms with Gasteiger partial charge in [-0.2, -0.15) is 0 Å². The van der Waals surface area contributed by atoms with Gasteiger partial charge in [0.2, 0.25) is 0 Å². The minimum absolute atomic E-state index is 0.144. The molecule has 17 heteroatoms. The Hall–Kier alpha value is -2.21. The molecular weight excluding hydrogens is 623 g/mol. The summed E-state index contributed by atoms with van der Waals surface area (Å²) in [6.45, 7) is 2.49. The van der Waals surface area contributed by atoms with Gasteiger partial charge >= 0.3 is 26.6 Å². The monoisotopic (exact) mass is 660 g/mol. The summed E-state index contributed by atoms with van der Waals surface area (Å²) in [5, 5.41) is 0. The molecule has 0 saturated carbocycles. The first-order valence-electron chi connectivity index (χ1n) is 15.1. The van der Waals surface area contributed by atoms with Gasteiger partial charge in [0.1, 0.15) is 40.4 Å². The Labute approximate surface area is 265 Å². The fourth-order valence-corrected chi connectivity index (χ4v) is 8.49. The summed E-state index contributed by atoms with van der Waals surface area (Å²) in [5.74, 6) is -0.915. The Balaban J connectivity index is 1.43. The van der Waals surface area contributed by atoms with Crippen LogP contribution in [0.15, 0.2) is 60.7 Å². The molecule has 2 bridgehead atoms. The first-order chi connectivity index (χ1) is 21.5. The van der Waals surface area contributed by atoms with Crippen LogP contribution in [0.25, 0.3) is 0 Å². The van der Waals surface area contributed by atoms with Crippen LogP contribution in [0.4, 0.5) is 9.59 Å². The van der Waals surface area contributed by atoms with Crippen molar-refractivity contribution in [3.05, 3.63) is 71.8 Å². The van der Waals surface area contributed by atoms with E-state index in [1.807, 2.05) is 19.9 Å². The molecule has 3 heterocycles. The third-order valence-corrected chi connectivity index (χ3v) is 11.6. The Morgan fingerprint density at radius 2 is 1.27 bits per heavy atom. The van der Waals surface area contributed by atoms with Crippen LogP contribution in [0.5, 0.6) is 0 Å². The van der Waals surface area contributed by atoms with Crippen LogP contribution in [0.3, 0.4) is 0 Å². The van der Waals surface area contributed by atoms with Gasteiger partial charge in [0.25, 0.3) is 0 Å². The molecule has 2 aromatic carbocycles. The van der Waals surface area contributed by atoms with Crippen LogP contribution >= 0.6 is 15.2 Å². The van der Waals surface area contributed by atoms with E-state index in [-0.39, 0.29) is 19.8 Å². The first kappa shape index (κ1) is 34.1. The van der Waals surface area contributed by atoms with E-state index in [4.69, 9.17) is 37.0 Å². The summed E-state index contributed by atoms with van der Waals surface area (Å²) in [7, 11) is -5.16. The van der Waals surface area contributed by atoms with Crippen LogP contribution in [-0.2, 0) is 59.4 Å². The van der Waals surface area contributed by atoms with Crippen LogP contribution in [0.1, 0.15) is 25.0 Å². The average molecular weight is 660 g/mol. The zero-order valence-electron chi connectivity index (χ0n) is 25.7. The molecule has 0 amide bonds. The lowest BCUT2D eigenvalue weighted by atomic mass is 9.50. The molecule has 45 heavy (non-hydrogen) atoms. The zero-order valence-corrected chi connectivity index (χ0v) is 27.5. The third kappa shape index (κ3) is 7.85. The highest BCUT2D eigenvalue weighted by Crippen LogP contribution is 2.58. The summed E-state index contributed by atoms with van der Waals surface area (Å²) < 4.78 is 75.0. The third-order valence-electron chi connectivity index (χ3n) is 8.43. The molecule has 10 atom stereocenters. The molecule has 3 aliphatic heterocycles. The lowest BCUT2D eigenvalue weighted by molar-refractivity contribution is -0.0112. The summed E-state index contributed by atoms with van der Waals surface area (Å²) in [5.41, 5.74) is -0.938. The van der Waals surface area contributed by atoms with Crippen molar-refractivity contribution in [2.24, 2.45) is 11.8 Å². The molecular formula is C28H37B3O12P2. The van der Waals surface area contributed by atoms with Gasteiger partial charge in [-0.25, -0.2) is 18.7 Å². The SMILES string of the molecule is BB[C@@H]1O[C@@H]2COP(=O)(C(=O)OCc3ccccc3)O[C@H]3[C@@H](C)[C@H](B)O[C@@H]3COP(=O)(C(=O)OCc3ccccc3)O[C@@H]1[C@@H]2C. The van der Waals surface area contributed by atoms with E-state index in [1.165, 1.54) is 0 Å². The van der Waals surface area contributed by atoms with Gasteiger partial charge in [-0.3, -0.25) is 18.1 Å². The standard InChI is InChI=1S/C28H37B3O12P2/c1-17-21-15-38-44(34,27(32)36-13-19-9-5-3-6-10-19)42-23-18(2)25(29)40-22(23)16-39-45(35,43-24(17)26(31-30)41-21)28(33)37-14-20-11-7-4-8-12-20/h3-12,17-18,21-26,31H,13-16,29-30H2,1-2H3/t17-,18-,21-,22-,23+,24-,25-,26-,44?,45?/m1/s1. The fourth-order valence-electron chi connectivity index (χ4n) is 5.55. The molecule has 12 nitrogen and oxygen atoms in total. The van der Waals surface area contributed by atoms with Crippen molar-refractivity contribution in [2.75, 3.05) is 13.2 Å². The van der Waals surface area contributed by atoms with E-state index in [1.54, 1.807) is 70.2 Å². The smallest absolute Gasteiger partial charge is 0.438 e. The van der Waals surface area contributed by atoms with Crippen molar-refractivity contribution in [3.8, 4) is 0 Å². The highest BCUT2D eigenvalue weighted by Gasteiger charge is 2.54. The highest BCUT2D eigenvalue weighted by molar-refractivity contribution is 7.71. The molecule has 0 radical (unpaired) electrons. The molecule has 3 aliphatic rings. The van der Waals surface area contributed by atoms with Crippen LogP contribution < -0.4 is 0 Å². The summed E-state index contributed by atoms with van der Waals surface area (Å²) in [6, 6.07) is 16.8. The largest absolute Gasteiger partial charge is 0.452 e. The van der Waals surface area contributed by atoms with Gasteiger partial charge in [-0.15, -0.1) is 0 Å². The maximum atomic E-state index is 14.2. The number of hydrogen-bond donors (Lipinski definition) is 0. The van der Waals surface area contributed by atoms with Crippen molar-refractivity contribution >= 4 is 49.4 Å². The zero-order chi connectivity index (χ0) is 32.2. The van der Waals surface area contributed by atoms with Crippen LogP contribution in [-0.4, -0.2) is 83.8 Å². The maximum Gasteiger partial charge on any atom is 0.438 e. The molecule has 0 aliphatic carbocycles. The molecule has 2 aromatic rings. The Bertz CT molecular complexity index is 1420. The first-order valence-corrected chi connectivity index (χ1v) is 18.2. The Morgan fingerprint density at radius 3 is 1.78 bits per heavy atom. The number of carbonyl (C=O) groups excluding carboxylic acids is 2. The second kappa shape index (κ2) is 14.7. The van der Waals surface area contributed by atoms with Crippen molar-refractivity contribution in [2.45, 2.75) is 63.5 Å². The number of carbonyl (C=O) groups is 2. The Kier molecular flexibility index (Phi) is 11.1. The molecule has 5 rings (SSSR count). The van der Waals surface area contributed by atoms with Crippen LogP contribution in [0.2, 0.25) is 0 Å². The predicted molar refractivity (Wildman–Crippen MR) is 170 cm³/mol. The normalized spacial score (nSPS) is 36.8. The number of benzene rings is 2. The number of hydrogen-bond acceptors (Lipinski definition) is 12. The minimum atomic E-state index is -4.60. The maximum absolute atomic E-state index is 14.2. The van der Waals surface area contributed by atoms with Crippen LogP contribution in [0, 0.1) is 11.8 Å². The lowest BCUT2D eigenvalue weighted by Gasteiger charge is -2.28. The predicted octanol–water partition coefficient (Wildman–Crippen LogP) is 3.20. The van der Waals surface area contributed by atoms with Gasteiger partial charge in [0.15, 0.2) is 0 Å². The van der Waals surface area contributed by atoms with Gasteiger partial charge in [0.05, 0.1) is 33.2 Å². The van der Waals surface area contributed by atoms with Crippen molar-refractivity contribution in [1.29, 1.82) is 0 Å². The Morgan fingerprint density at radius 1 is 0.778 bits per heavy atom. The fraction of sp³-hybridized carbons (Fsp3) is 0.500. The summed E-state index contributed by atoms with van der Waals surface area (Å²) in [6.07, 6.45) is -3.62. The summed E-state index contributed by atoms with van der Waals surface area (Å²) in [4.78, 5) is 26.7. The lowest BCUT2D eigenvalue weighted by Crippen LogP contribution is -2.35. The number of fused-ring (bicyclic) bond motifs is 3. The molecule has 2 unspecified atom stereocenters. The van der Waals surface area contributed by atoms with Gasteiger partial charge in [-0.05, 0) is 11.1 Å². The molecule has 3 saturated heterocycles. The molecule has 0 spiro atoms. The summed E-state index contributed by atoms with van der Waals surface area (Å²) >= 11 is 0. The molecule has 240 valence electrons. The van der Waals surface area contributed by atoms with E-state index >= 15 is 0 Å². The van der Waals surface area contributed by atoms with E-state index in [0.717, 1.165) is 0 Å². The minimum Gasteiger partial charge on any atom is -0.452 e. The van der Waals surface area contributed by atoms with Gasteiger partial charge < -0.3 is 18.9 Å². The van der Waals surface area contributed by atoms with E-state index < -0.39 is 81.5 Å². The topological polar surface area (TPSA) is 142 Å². The van der Waals surface area contributed by atoms with Gasteiger partial charge in [-0.1, -0.05) is 74.5 Å². The van der Waals surface area contributed by atoms with Crippen molar-refractivity contribution in [3.63, 3.8) is 0 Å². The molecule has 0 N–H and O–H groups in total. The second-order valence-electron chi connectivity index (χ2n) is 11.5. The van der Waals surface area contributed by atoms with E-state index in [2.05, 4.69) is 0 Å². The van der Waals surface area contributed by atoms with Crippen molar-refractivity contribution < 1.29 is 55.8 Å².